The molecule has 1 saturated heterocycles. The zero-order chi connectivity index (χ0) is 21.8. The number of aryl methyl sites for hydroxylation is 1. The smallest absolute Gasteiger partial charge is 0.195 e. The molecule has 0 spiro atoms. The Kier molecular flexibility index (Phi) is 7.10. The van der Waals surface area contributed by atoms with E-state index in [-0.39, 0.29) is 0 Å². The van der Waals surface area contributed by atoms with Crippen molar-refractivity contribution in [3.8, 4) is 11.5 Å². The Balaban J connectivity index is 1.94. The molecule has 0 unspecified atom stereocenters. The van der Waals surface area contributed by atoms with Crippen molar-refractivity contribution in [1.29, 1.82) is 0 Å². The van der Waals surface area contributed by atoms with E-state index in [1.807, 2.05) is 50.2 Å². The molecular formula is C23H28O7. The summed E-state index contributed by atoms with van der Waals surface area (Å²) in [5.74, 6) is 0.494. The summed E-state index contributed by atoms with van der Waals surface area (Å²) in [6.45, 7) is 3.96. The van der Waals surface area contributed by atoms with Crippen molar-refractivity contribution in [3.63, 3.8) is 0 Å². The zero-order valence-electron chi connectivity index (χ0n) is 17.4. The SMILES string of the molecule is CCOc1ccc(Cc2cc([C@@H]3O[C@H](CO)[C@H](O)C(=O)[C@@H]3O)c(OC)cc2C)cc1. The summed E-state index contributed by atoms with van der Waals surface area (Å²) in [7, 11) is 1.50. The second kappa shape index (κ2) is 9.57. The van der Waals surface area contributed by atoms with E-state index < -0.39 is 36.8 Å². The van der Waals surface area contributed by atoms with E-state index in [0.29, 0.717) is 24.3 Å². The molecule has 162 valence electrons. The van der Waals surface area contributed by atoms with Gasteiger partial charge in [0.25, 0.3) is 0 Å². The summed E-state index contributed by atoms with van der Waals surface area (Å²) in [5.41, 5.74) is 3.53. The van der Waals surface area contributed by atoms with Crippen LogP contribution in [0.3, 0.4) is 0 Å². The Morgan fingerprint density at radius 2 is 1.80 bits per heavy atom. The Bertz CT molecular complexity index is 878. The Hall–Kier alpha value is -2.45. The molecule has 0 amide bonds. The van der Waals surface area contributed by atoms with Crippen LogP contribution in [-0.4, -0.2) is 59.7 Å². The average Bonchev–Trinajstić information content (AvgIpc) is 2.75. The van der Waals surface area contributed by atoms with E-state index in [1.165, 1.54) is 7.11 Å². The Labute approximate surface area is 175 Å². The fourth-order valence-corrected chi connectivity index (χ4v) is 3.66. The van der Waals surface area contributed by atoms with Gasteiger partial charge in [0.1, 0.15) is 35.9 Å². The van der Waals surface area contributed by atoms with Crippen LogP contribution in [0.5, 0.6) is 11.5 Å². The van der Waals surface area contributed by atoms with Crippen molar-refractivity contribution in [3.05, 3.63) is 58.7 Å². The molecule has 1 aliphatic rings. The van der Waals surface area contributed by atoms with E-state index >= 15 is 0 Å². The van der Waals surface area contributed by atoms with Gasteiger partial charge in [-0.15, -0.1) is 0 Å². The third kappa shape index (κ3) is 4.49. The van der Waals surface area contributed by atoms with E-state index in [0.717, 1.165) is 22.4 Å². The predicted molar refractivity (Wildman–Crippen MR) is 110 cm³/mol. The maximum Gasteiger partial charge on any atom is 0.195 e. The van der Waals surface area contributed by atoms with Crippen molar-refractivity contribution in [1.82, 2.24) is 0 Å². The highest BCUT2D eigenvalue weighted by atomic mass is 16.5. The summed E-state index contributed by atoms with van der Waals surface area (Å²) >= 11 is 0. The first kappa shape index (κ1) is 22.2. The third-order valence-corrected chi connectivity index (χ3v) is 5.35. The molecule has 2 aromatic rings. The van der Waals surface area contributed by atoms with Crippen molar-refractivity contribution < 1.29 is 34.3 Å². The predicted octanol–water partition coefficient (Wildman–Crippen LogP) is 1.72. The number of hydrogen-bond donors (Lipinski definition) is 3. The van der Waals surface area contributed by atoms with Crippen LogP contribution in [0.4, 0.5) is 0 Å². The van der Waals surface area contributed by atoms with E-state index in [2.05, 4.69) is 0 Å². The van der Waals surface area contributed by atoms with E-state index in [9.17, 15) is 20.1 Å². The lowest BCUT2D eigenvalue weighted by molar-refractivity contribution is -0.189. The molecule has 7 heteroatoms. The minimum absolute atomic E-state index is 0.466. The fraction of sp³-hybridized carbons (Fsp3) is 0.435. The highest BCUT2D eigenvalue weighted by Crippen LogP contribution is 2.37. The topological polar surface area (TPSA) is 105 Å². The van der Waals surface area contributed by atoms with Gasteiger partial charge < -0.3 is 29.5 Å². The second-order valence-corrected chi connectivity index (χ2v) is 7.34. The van der Waals surface area contributed by atoms with Crippen molar-refractivity contribution in [2.45, 2.75) is 44.7 Å². The number of ketones is 1. The molecule has 0 aliphatic carbocycles. The molecule has 3 rings (SSSR count). The Morgan fingerprint density at radius 1 is 1.10 bits per heavy atom. The number of aliphatic hydroxyl groups is 3. The van der Waals surface area contributed by atoms with Gasteiger partial charge in [0.2, 0.25) is 0 Å². The molecule has 2 aromatic carbocycles. The van der Waals surface area contributed by atoms with Gasteiger partial charge in [0.05, 0.1) is 20.3 Å². The maximum absolute atomic E-state index is 12.3. The summed E-state index contributed by atoms with van der Waals surface area (Å²) in [4.78, 5) is 12.3. The molecule has 30 heavy (non-hydrogen) atoms. The lowest BCUT2D eigenvalue weighted by Gasteiger charge is -2.36. The van der Waals surface area contributed by atoms with Crippen molar-refractivity contribution >= 4 is 5.78 Å². The first-order valence-electron chi connectivity index (χ1n) is 9.94. The van der Waals surface area contributed by atoms with Crippen LogP contribution >= 0.6 is 0 Å². The molecule has 4 atom stereocenters. The van der Waals surface area contributed by atoms with Crippen LogP contribution in [0.2, 0.25) is 0 Å². The van der Waals surface area contributed by atoms with E-state index in [1.54, 1.807) is 0 Å². The maximum atomic E-state index is 12.3. The van der Waals surface area contributed by atoms with Crippen molar-refractivity contribution in [2.24, 2.45) is 0 Å². The Morgan fingerprint density at radius 3 is 2.40 bits per heavy atom. The molecule has 3 N–H and O–H groups in total. The first-order chi connectivity index (χ1) is 14.4. The fourth-order valence-electron chi connectivity index (χ4n) is 3.66. The largest absolute Gasteiger partial charge is 0.496 e. The number of carbonyl (C=O) groups is 1. The lowest BCUT2D eigenvalue weighted by atomic mass is 9.89. The molecular weight excluding hydrogens is 388 g/mol. The molecule has 0 saturated carbocycles. The van der Waals surface area contributed by atoms with Crippen LogP contribution in [-0.2, 0) is 16.0 Å². The van der Waals surface area contributed by atoms with Crippen LogP contribution < -0.4 is 9.47 Å². The number of Topliss-reactive ketones (excluding diaryl/α,β-unsaturated/α-hetero) is 1. The number of hydrogen-bond acceptors (Lipinski definition) is 7. The molecule has 0 aromatic heterocycles. The summed E-state index contributed by atoms with van der Waals surface area (Å²) < 4.78 is 16.6. The van der Waals surface area contributed by atoms with Crippen LogP contribution in [0, 0.1) is 6.92 Å². The minimum Gasteiger partial charge on any atom is -0.496 e. The van der Waals surface area contributed by atoms with Gasteiger partial charge in [-0.3, -0.25) is 4.79 Å². The number of ether oxygens (including phenoxy) is 3. The van der Waals surface area contributed by atoms with Crippen molar-refractivity contribution in [2.75, 3.05) is 20.3 Å². The number of methoxy groups -OCH3 is 1. The van der Waals surface area contributed by atoms with Crippen LogP contribution in [0.25, 0.3) is 0 Å². The van der Waals surface area contributed by atoms with E-state index in [4.69, 9.17) is 14.2 Å². The van der Waals surface area contributed by atoms with Gasteiger partial charge in [0.15, 0.2) is 5.78 Å². The summed E-state index contributed by atoms with van der Waals surface area (Å²) in [6.07, 6.45) is -4.66. The normalized spacial score (nSPS) is 24.0. The molecule has 0 bridgehead atoms. The lowest BCUT2D eigenvalue weighted by Crippen LogP contribution is -2.52. The monoisotopic (exact) mass is 416 g/mol. The molecule has 1 fully saturated rings. The molecule has 7 nitrogen and oxygen atoms in total. The molecule has 0 radical (unpaired) electrons. The minimum atomic E-state index is -1.57. The number of carbonyl (C=O) groups excluding carboxylic acids is 1. The summed E-state index contributed by atoms with van der Waals surface area (Å²) in [5, 5.41) is 29.8. The number of rotatable bonds is 7. The third-order valence-electron chi connectivity index (χ3n) is 5.35. The first-order valence-corrected chi connectivity index (χ1v) is 9.94. The van der Waals surface area contributed by atoms with Gasteiger partial charge in [-0.2, -0.15) is 0 Å². The molecule has 1 aliphatic heterocycles. The van der Waals surface area contributed by atoms with Crippen LogP contribution in [0.15, 0.2) is 36.4 Å². The summed E-state index contributed by atoms with van der Waals surface area (Å²) in [6, 6.07) is 11.5. The zero-order valence-corrected chi connectivity index (χ0v) is 17.4. The second-order valence-electron chi connectivity index (χ2n) is 7.34. The highest BCUT2D eigenvalue weighted by Gasteiger charge is 2.44. The van der Waals surface area contributed by atoms with Gasteiger partial charge in [-0.05, 0) is 61.2 Å². The van der Waals surface area contributed by atoms with Gasteiger partial charge in [-0.1, -0.05) is 12.1 Å². The standard InChI is InChI=1S/C23H28O7/c1-4-29-16-7-5-14(6-8-16)10-15-11-17(18(28-3)9-13(15)2)23-22(27)21(26)20(25)19(12-24)30-23/h5-9,11,19-20,22-25,27H,4,10,12H2,1-3H3/t19-,20+,22+,23+/m1/s1. The van der Waals surface area contributed by atoms with Crippen LogP contribution in [0.1, 0.15) is 35.3 Å². The van der Waals surface area contributed by atoms with Gasteiger partial charge in [-0.25, -0.2) is 0 Å². The quantitative estimate of drug-likeness (QED) is 0.631. The van der Waals surface area contributed by atoms with Gasteiger partial charge >= 0.3 is 0 Å². The highest BCUT2D eigenvalue weighted by molar-refractivity contribution is 5.89. The average molecular weight is 416 g/mol. The van der Waals surface area contributed by atoms with Gasteiger partial charge in [0, 0.05) is 5.56 Å². The molecule has 1 heterocycles. The number of benzene rings is 2. The number of aliphatic hydroxyl groups excluding tert-OH is 3.